The highest BCUT2D eigenvalue weighted by Gasteiger charge is 2.20. The van der Waals surface area contributed by atoms with Gasteiger partial charge in [0.05, 0.1) is 0 Å². The van der Waals surface area contributed by atoms with Crippen molar-refractivity contribution in [3.63, 3.8) is 0 Å². The molecule has 4 nitrogen and oxygen atoms in total. The predicted octanol–water partition coefficient (Wildman–Crippen LogP) is 3.87. The number of carbonyl (C=O) groups excluding carboxylic acids is 2. The molecule has 0 aliphatic carbocycles. The van der Waals surface area contributed by atoms with E-state index in [4.69, 9.17) is 0 Å². The zero-order valence-electron chi connectivity index (χ0n) is 16.2. The van der Waals surface area contributed by atoms with Crippen molar-refractivity contribution in [2.75, 3.05) is 31.1 Å². The number of hydrogen-bond acceptors (Lipinski definition) is 3. The molecule has 3 rings (SSSR count). The fourth-order valence-electron chi connectivity index (χ4n) is 3.37. The van der Waals surface area contributed by atoms with Crippen molar-refractivity contribution in [1.82, 2.24) is 4.90 Å². The maximum atomic E-state index is 12.5. The van der Waals surface area contributed by atoms with Crippen LogP contribution >= 0.6 is 0 Å². The Labute approximate surface area is 161 Å². The van der Waals surface area contributed by atoms with Crippen LogP contribution in [0.3, 0.4) is 0 Å². The molecule has 0 spiro atoms. The van der Waals surface area contributed by atoms with Crippen molar-refractivity contribution in [2.45, 2.75) is 20.8 Å². The molecule has 1 aliphatic heterocycles. The highest BCUT2D eigenvalue weighted by atomic mass is 16.2. The lowest BCUT2D eigenvalue weighted by Gasteiger charge is -2.35. The Morgan fingerprint density at radius 3 is 2.19 bits per heavy atom. The van der Waals surface area contributed by atoms with Gasteiger partial charge in [-0.1, -0.05) is 23.8 Å². The molecule has 140 valence electrons. The van der Waals surface area contributed by atoms with Crippen molar-refractivity contribution in [3.8, 4) is 0 Å². The first-order chi connectivity index (χ1) is 12.9. The van der Waals surface area contributed by atoms with E-state index in [0.717, 1.165) is 29.9 Å². The Hall–Kier alpha value is -2.88. The number of amides is 1. The molecule has 0 atom stereocenters. The number of rotatable bonds is 4. The van der Waals surface area contributed by atoms with Gasteiger partial charge in [-0.3, -0.25) is 9.59 Å². The Morgan fingerprint density at radius 1 is 0.926 bits per heavy atom. The molecule has 2 aromatic rings. The largest absolute Gasteiger partial charge is 0.368 e. The zero-order chi connectivity index (χ0) is 19.4. The molecule has 0 radical (unpaired) electrons. The van der Waals surface area contributed by atoms with E-state index in [1.54, 1.807) is 13.0 Å². The molecule has 0 aromatic heterocycles. The van der Waals surface area contributed by atoms with E-state index >= 15 is 0 Å². The van der Waals surface area contributed by atoms with Crippen LogP contribution in [-0.4, -0.2) is 42.8 Å². The van der Waals surface area contributed by atoms with Crippen LogP contribution in [0, 0.1) is 13.8 Å². The van der Waals surface area contributed by atoms with Crippen LogP contribution in [0.4, 0.5) is 5.69 Å². The Balaban J connectivity index is 1.57. The van der Waals surface area contributed by atoms with Gasteiger partial charge in [0.15, 0.2) is 5.78 Å². The number of Topliss-reactive ketones (excluding diaryl/α,β-unsaturated/α-hetero) is 1. The minimum atomic E-state index is 0.0570. The first kappa shape index (κ1) is 18.9. The molecule has 0 unspecified atom stereocenters. The summed E-state index contributed by atoms with van der Waals surface area (Å²) in [5, 5.41) is 0. The summed E-state index contributed by atoms with van der Waals surface area (Å²) in [6.45, 7) is 8.69. The fourth-order valence-corrected chi connectivity index (χ4v) is 3.37. The third-order valence-corrected chi connectivity index (χ3v) is 5.06. The number of carbonyl (C=O) groups is 2. The van der Waals surface area contributed by atoms with Crippen LogP contribution in [0.1, 0.15) is 34.0 Å². The quantitative estimate of drug-likeness (QED) is 0.612. The van der Waals surface area contributed by atoms with Crippen molar-refractivity contribution in [1.29, 1.82) is 0 Å². The van der Waals surface area contributed by atoms with Gasteiger partial charge < -0.3 is 9.80 Å². The molecule has 1 amide bonds. The molecule has 1 saturated heterocycles. The van der Waals surface area contributed by atoms with Crippen molar-refractivity contribution < 1.29 is 9.59 Å². The maximum Gasteiger partial charge on any atom is 0.246 e. The van der Waals surface area contributed by atoms with Gasteiger partial charge in [0.1, 0.15) is 0 Å². The van der Waals surface area contributed by atoms with Gasteiger partial charge in [0, 0.05) is 43.5 Å². The molecular formula is C23H26N2O2. The van der Waals surface area contributed by atoms with E-state index < -0.39 is 0 Å². The highest BCUT2D eigenvalue weighted by Crippen LogP contribution is 2.18. The monoisotopic (exact) mass is 362 g/mol. The lowest BCUT2D eigenvalue weighted by atomic mass is 10.1. The molecule has 1 fully saturated rings. The number of piperazine rings is 1. The van der Waals surface area contributed by atoms with Gasteiger partial charge in [-0.25, -0.2) is 0 Å². The van der Waals surface area contributed by atoms with E-state index in [-0.39, 0.29) is 11.7 Å². The van der Waals surface area contributed by atoms with Crippen LogP contribution in [0.5, 0.6) is 0 Å². The van der Waals surface area contributed by atoms with Crippen LogP contribution in [0.2, 0.25) is 0 Å². The normalized spacial score (nSPS) is 14.6. The number of benzene rings is 2. The maximum absolute atomic E-state index is 12.5. The summed E-state index contributed by atoms with van der Waals surface area (Å²) in [5.74, 6) is 0.133. The average Bonchev–Trinajstić information content (AvgIpc) is 2.67. The first-order valence-corrected chi connectivity index (χ1v) is 9.34. The van der Waals surface area contributed by atoms with Gasteiger partial charge in [0.2, 0.25) is 5.91 Å². The predicted molar refractivity (Wildman–Crippen MR) is 110 cm³/mol. The summed E-state index contributed by atoms with van der Waals surface area (Å²) in [6, 6.07) is 13.9. The van der Waals surface area contributed by atoms with Gasteiger partial charge in [-0.2, -0.15) is 0 Å². The topological polar surface area (TPSA) is 40.6 Å². The number of aryl methyl sites for hydroxylation is 2. The number of nitrogens with zero attached hydrogens (tertiary/aromatic N) is 2. The van der Waals surface area contributed by atoms with Gasteiger partial charge in [0.25, 0.3) is 0 Å². The number of hydrogen-bond donors (Lipinski definition) is 0. The summed E-state index contributed by atoms with van der Waals surface area (Å²) in [4.78, 5) is 28.0. The molecule has 2 aromatic carbocycles. The number of anilines is 1. The second-order valence-corrected chi connectivity index (χ2v) is 7.11. The fraction of sp³-hybridized carbons (Fsp3) is 0.304. The summed E-state index contributed by atoms with van der Waals surface area (Å²) in [5.41, 5.74) is 5.31. The standard InChI is InChI=1S/C23H26N2O2/c1-17-4-5-20(18(2)16-17)8-11-23(27)25-14-12-24(13-15-25)22-9-6-21(7-10-22)19(3)26/h4-11,16H,12-15H2,1-3H3/b11-8+. The molecule has 1 heterocycles. The minimum absolute atomic E-state index is 0.0570. The van der Waals surface area contributed by atoms with Crippen molar-refractivity contribution >= 4 is 23.5 Å². The number of ketones is 1. The Morgan fingerprint density at radius 2 is 1.59 bits per heavy atom. The van der Waals surface area contributed by atoms with Crippen LogP contribution < -0.4 is 4.90 Å². The Kier molecular flexibility index (Phi) is 5.75. The second kappa shape index (κ2) is 8.21. The van der Waals surface area contributed by atoms with Crippen LogP contribution in [0.15, 0.2) is 48.5 Å². The molecule has 0 saturated carbocycles. The van der Waals surface area contributed by atoms with Gasteiger partial charge >= 0.3 is 0 Å². The average molecular weight is 362 g/mol. The van der Waals surface area contributed by atoms with E-state index in [1.807, 2.05) is 35.2 Å². The highest BCUT2D eigenvalue weighted by molar-refractivity contribution is 5.94. The van der Waals surface area contributed by atoms with Gasteiger partial charge in [-0.15, -0.1) is 0 Å². The summed E-state index contributed by atoms with van der Waals surface area (Å²) in [7, 11) is 0. The second-order valence-electron chi connectivity index (χ2n) is 7.11. The molecule has 4 heteroatoms. The van der Waals surface area contributed by atoms with E-state index in [2.05, 4.69) is 36.9 Å². The van der Waals surface area contributed by atoms with E-state index in [0.29, 0.717) is 13.1 Å². The first-order valence-electron chi connectivity index (χ1n) is 9.34. The van der Waals surface area contributed by atoms with Crippen LogP contribution in [0.25, 0.3) is 6.08 Å². The molecular weight excluding hydrogens is 336 g/mol. The van der Waals surface area contributed by atoms with Crippen LogP contribution in [-0.2, 0) is 4.79 Å². The smallest absolute Gasteiger partial charge is 0.246 e. The Bertz CT molecular complexity index is 860. The summed E-state index contributed by atoms with van der Waals surface area (Å²) >= 11 is 0. The molecule has 1 aliphatic rings. The SMILES string of the molecule is CC(=O)c1ccc(N2CCN(C(=O)/C=C/c3ccc(C)cc3C)CC2)cc1. The zero-order valence-corrected chi connectivity index (χ0v) is 16.2. The lowest BCUT2D eigenvalue weighted by Crippen LogP contribution is -2.48. The van der Waals surface area contributed by atoms with Crippen molar-refractivity contribution in [3.05, 3.63) is 70.8 Å². The third-order valence-electron chi connectivity index (χ3n) is 5.06. The molecule has 0 N–H and O–H groups in total. The summed E-state index contributed by atoms with van der Waals surface area (Å²) in [6.07, 6.45) is 3.58. The van der Waals surface area contributed by atoms with Crippen molar-refractivity contribution in [2.24, 2.45) is 0 Å². The molecule has 27 heavy (non-hydrogen) atoms. The minimum Gasteiger partial charge on any atom is -0.368 e. The summed E-state index contributed by atoms with van der Waals surface area (Å²) < 4.78 is 0. The van der Waals surface area contributed by atoms with E-state index in [9.17, 15) is 9.59 Å². The third kappa shape index (κ3) is 4.64. The molecule has 0 bridgehead atoms. The lowest BCUT2D eigenvalue weighted by molar-refractivity contribution is -0.126. The van der Waals surface area contributed by atoms with E-state index in [1.165, 1.54) is 11.1 Å². The van der Waals surface area contributed by atoms with Gasteiger partial charge in [-0.05, 0) is 62.2 Å².